The standard InChI is InChI=1S/C71H132O12/c1-4-7-10-13-16-19-22-25-28-30-32-34-37-39-42-45-48-51-54-57-63(72)79-60-62(81-64(73)58-55-52-49-46-43-41-38-35-33-31-29-26-23-20-17-14-11-8-5-2)61-80-71-69(67(76)66(75)68(83-71)70(77)78)82-65(74)59-56-53-50-47-44-40-36-27-24-21-18-15-12-9-6-3/h27,36,62,66-69,71,75-76H,4-26,28-35,37-61H2,1-3H3,(H,77,78)/b36-27-. The summed E-state index contributed by atoms with van der Waals surface area (Å²) in [6.07, 6.45) is 57.4. The van der Waals surface area contributed by atoms with Crippen molar-refractivity contribution < 1.29 is 58.2 Å². The molecule has 12 heteroatoms. The molecule has 0 spiro atoms. The molecule has 0 saturated carbocycles. The lowest BCUT2D eigenvalue weighted by molar-refractivity contribution is -0.301. The van der Waals surface area contributed by atoms with Crippen LogP contribution in [0.15, 0.2) is 12.2 Å². The Labute approximate surface area is 509 Å². The molecule has 1 saturated heterocycles. The minimum absolute atomic E-state index is 0.0573. The number of esters is 3. The lowest BCUT2D eigenvalue weighted by atomic mass is 9.98. The van der Waals surface area contributed by atoms with Crippen molar-refractivity contribution in [2.45, 2.75) is 404 Å². The SMILES string of the molecule is CCCCCCCC/C=C\CCCCCCCC(=O)OC1C(OCC(COC(=O)CCCCCCCCCCCCCCCCCCCCC)OC(=O)CCCCCCCCCCCCCCCCCCCCC)OC(C(=O)O)C(O)C1O. The summed E-state index contributed by atoms with van der Waals surface area (Å²) in [6, 6.07) is 0. The molecule has 1 rings (SSSR count). The van der Waals surface area contributed by atoms with Crippen molar-refractivity contribution in [2.24, 2.45) is 0 Å². The second-order valence-corrected chi connectivity index (χ2v) is 24.9. The molecule has 0 bridgehead atoms. The molecule has 0 aromatic rings. The highest BCUT2D eigenvalue weighted by molar-refractivity contribution is 5.74. The summed E-state index contributed by atoms with van der Waals surface area (Å²) in [5.41, 5.74) is 0. The van der Waals surface area contributed by atoms with E-state index in [9.17, 15) is 34.5 Å². The Morgan fingerprint density at radius 1 is 0.386 bits per heavy atom. The van der Waals surface area contributed by atoms with E-state index in [-0.39, 0.29) is 25.9 Å². The van der Waals surface area contributed by atoms with Crippen LogP contribution in [0.1, 0.15) is 367 Å². The molecule has 0 amide bonds. The van der Waals surface area contributed by atoms with Crippen LogP contribution in [0.25, 0.3) is 0 Å². The van der Waals surface area contributed by atoms with Crippen LogP contribution < -0.4 is 0 Å². The average molecular weight is 1180 g/mol. The summed E-state index contributed by atoms with van der Waals surface area (Å²) >= 11 is 0. The molecule has 12 nitrogen and oxygen atoms in total. The molecule has 83 heavy (non-hydrogen) atoms. The van der Waals surface area contributed by atoms with Crippen LogP contribution in [0.3, 0.4) is 0 Å². The number of aliphatic hydroxyl groups is 2. The third kappa shape index (κ3) is 49.2. The fourth-order valence-electron chi connectivity index (χ4n) is 11.4. The van der Waals surface area contributed by atoms with Crippen molar-refractivity contribution in [3.8, 4) is 0 Å². The van der Waals surface area contributed by atoms with Crippen molar-refractivity contribution in [1.29, 1.82) is 0 Å². The smallest absolute Gasteiger partial charge is 0.335 e. The third-order valence-electron chi connectivity index (χ3n) is 16.8. The van der Waals surface area contributed by atoms with Gasteiger partial charge in [0.05, 0.1) is 6.61 Å². The van der Waals surface area contributed by atoms with Gasteiger partial charge in [-0.2, -0.15) is 0 Å². The van der Waals surface area contributed by atoms with Crippen LogP contribution >= 0.6 is 0 Å². The number of ether oxygens (including phenoxy) is 5. The molecular formula is C71H132O12. The fourth-order valence-corrected chi connectivity index (χ4v) is 11.4. The van der Waals surface area contributed by atoms with Crippen LogP contribution in [0.5, 0.6) is 0 Å². The van der Waals surface area contributed by atoms with Crippen LogP contribution in [-0.2, 0) is 42.9 Å². The summed E-state index contributed by atoms with van der Waals surface area (Å²) in [5.74, 6) is -3.07. The number of carboxylic acid groups (broad SMARTS) is 1. The monoisotopic (exact) mass is 1180 g/mol. The number of carbonyl (C=O) groups is 4. The maximum absolute atomic E-state index is 13.2. The Morgan fingerprint density at radius 3 is 1.02 bits per heavy atom. The van der Waals surface area contributed by atoms with Crippen LogP contribution in [0, 0.1) is 0 Å². The van der Waals surface area contributed by atoms with Gasteiger partial charge in [-0.1, -0.05) is 315 Å². The van der Waals surface area contributed by atoms with E-state index in [0.29, 0.717) is 19.3 Å². The first kappa shape index (κ1) is 78.5. The van der Waals surface area contributed by atoms with Gasteiger partial charge in [0.2, 0.25) is 0 Å². The number of unbranched alkanes of at least 4 members (excludes halogenated alkanes) is 47. The zero-order valence-electron chi connectivity index (χ0n) is 54.2. The van der Waals surface area contributed by atoms with Gasteiger partial charge in [0.1, 0.15) is 18.8 Å². The van der Waals surface area contributed by atoms with Crippen LogP contribution in [0.2, 0.25) is 0 Å². The maximum Gasteiger partial charge on any atom is 0.335 e. The molecule has 1 aliphatic rings. The van der Waals surface area contributed by atoms with E-state index in [1.807, 2.05) is 0 Å². The zero-order chi connectivity index (χ0) is 60.3. The molecule has 3 N–H and O–H groups in total. The van der Waals surface area contributed by atoms with Crippen molar-refractivity contribution in [3.63, 3.8) is 0 Å². The van der Waals surface area contributed by atoms with E-state index in [2.05, 4.69) is 32.9 Å². The highest BCUT2D eigenvalue weighted by atomic mass is 16.7. The van der Waals surface area contributed by atoms with Crippen LogP contribution in [-0.4, -0.2) is 89.2 Å². The van der Waals surface area contributed by atoms with E-state index in [1.165, 1.54) is 231 Å². The quantitative estimate of drug-likeness (QED) is 0.0228. The van der Waals surface area contributed by atoms with E-state index in [4.69, 9.17) is 23.7 Å². The molecule has 6 unspecified atom stereocenters. The molecule has 1 heterocycles. The number of allylic oxidation sites excluding steroid dienone is 2. The molecule has 0 aromatic carbocycles. The minimum atomic E-state index is -1.90. The zero-order valence-corrected chi connectivity index (χ0v) is 54.2. The first-order chi connectivity index (χ1) is 40.6. The summed E-state index contributed by atoms with van der Waals surface area (Å²) in [6.45, 7) is 6.08. The molecule has 1 aliphatic heterocycles. The van der Waals surface area contributed by atoms with E-state index >= 15 is 0 Å². The average Bonchev–Trinajstić information content (AvgIpc) is 3.57. The Balaban J connectivity index is 2.60. The molecule has 6 atom stereocenters. The van der Waals surface area contributed by atoms with Gasteiger partial charge in [-0.25, -0.2) is 4.79 Å². The largest absolute Gasteiger partial charge is 0.479 e. The van der Waals surface area contributed by atoms with E-state index in [0.717, 1.165) is 77.0 Å². The van der Waals surface area contributed by atoms with Gasteiger partial charge in [-0.15, -0.1) is 0 Å². The Morgan fingerprint density at radius 2 is 0.687 bits per heavy atom. The van der Waals surface area contributed by atoms with Gasteiger partial charge in [-0.05, 0) is 44.9 Å². The Hall–Kier alpha value is -2.54. The minimum Gasteiger partial charge on any atom is -0.479 e. The highest BCUT2D eigenvalue weighted by Gasteiger charge is 2.50. The number of carboxylic acids is 1. The number of carbonyl (C=O) groups excluding carboxylic acids is 3. The fraction of sp³-hybridized carbons (Fsp3) is 0.915. The summed E-state index contributed by atoms with van der Waals surface area (Å²) in [7, 11) is 0. The number of aliphatic hydroxyl groups excluding tert-OH is 2. The lowest BCUT2D eigenvalue weighted by Gasteiger charge is -2.40. The molecule has 0 aromatic heterocycles. The molecule has 1 fully saturated rings. The molecule has 0 radical (unpaired) electrons. The number of hydrogen-bond donors (Lipinski definition) is 3. The third-order valence-corrected chi connectivity index (χ3v) is 16.8. The topological polar surface area (TPSA) is 175 Å². The van der Waals surface area contributed by atoms with Crippen molar-refractivity contribution in [2.75, 3.05) is 13.2 Å². The van der Waals surface area contributed by atoms with E-state index in [1.54, 1.807) is 0 Å². The van der Waals surface area contributed by atoms with Crippen molar-refractivity contribution >= 4 is 23.9 Å². The summed E-state index contributed by atoms with van der Waals surface area (Å²) in [5, 5.41) is 31.6. The highest BCUT2D eigenvalue weighted by Crippen LogP contribution is 2.27. The normalized spacial score (nSPS) is 17.5. The molecular weight excluding hydrogens is 1040 g/mol. The van der Waals surface area contributed by atoms with Gasteiger partial charge < -0.3 is 39.0 Å². The first-order valence-electron chi connectivity index (χ1n) is 35.7. The molecule has 0 aliphatic carbocycles. The predicted octanol–water partition coefficient (Wildman–Crippen LogP) is 19.6. The second kappa shape index (κ2) is 59.8. The van der Waals surface area contributed by atoms with Gasteiger partial charge in [0.15, 0.2) is 24.6 Å². The summed E-state index contributed by atoms with van der Waals surface area (Å²) in [4.78, 5) is 51.5. The van der Waals surface area contributed by atoms with Gasteiger partial charge in [0.25, 0.3) is 0 Å². The van der Waals surface area contributed by atoms with E-state index < -0.39 is 67.3 Å². The summed E-state index contributed by atoms with van der Waals surface area (Å²) < 4.78 is 28.6. The van der Waals surface area contributed by atoms with Crippen molar-refractivity contribution in [1.82, 2.24) is 0 Å². The Bertz CT molecular complexity index is 1490. The van der Waals surface area contributed by atoms with Gasteiger partial charge in [-0.3, -0.25) is 14.4 Å². The van der Waals surface area contributed by atoms with Gasteiger partial charge in [0, 0.05) is 19.3 Å². The number of rotatable bonds is 63. The van der Waals surface area contributed by atoms with Crippen molar-refractivity contribution in [3.05, 3.63) is 12.2 Å². The lowest BCUT2D eigenvalue weighted by Crippen LogP contribution is -2.61. The van der Waals surface area contributed by atoms with Gasteiger partial charge >= 0.3 is 23.9 Å². The second-order valence-electron chi connectivity index (χ2n) is 24.9. The Kier molecular flexibility index (Phi) is 56.5. The maximum atomic E-state index is 13.2. The number of hydrogen-bond acceptors (Lipinski definition) is 11. The predicted molar refractivity (Wildman–Crippen MR) is 340 cm³/mol. The van der Waals surface area contributed by atoms with Crippen LogP contribution in [0.4, 0.5) is 0 Å². The first-order valence-corrected chi connectivity index (χ1v) is 35.7. The molecule has 488 valence electrons. The number of aliphatic carboxylic acids is 1.